The number of aryl methyl sites for hydroxylation is 1. The number of para-hydroxylation sites is 1. The highest BCUT2D eigenvalue weighted by molar-refractivity contribution is 6.09. The molecule has 0 aliphatic heterocycles. The Morgan fingerprint density at radius 3 is 2.74 bits per heavy atom. The Morgan fingerprint density at radius 2 is 2.00 bits per heavy atom. The molecule has 174 valence electrons. The summed E-state index contributed by atoms with van der Waals surface area (Å²) in [7, 11) is 0. The number of fused-ring (bicyclic) bond motifs is 1. The Kier molecular flexibility index (Phi) is 6.58. The second-order valence-electron chi connectivity index (χ2n) is 7.96. The van der Waals surface area contributed by atoms with Crippen LogP contribution in [0.3, 0.4) is 0 Å². The third kappa shape index (κ3) is 4.61. The average Bonchev–Trinajstić information content (AvgIpc) is 2.83. The molecule has 0 radical (unpaired) electrons. The fourth-order valence-corrected chi connectivity index (χ4v) is 3.67. The van der Waals surface area contributed by atoms with Crippen molar-refractivity contribution in [2.24, 2.45) is 0 Å². The molecule has 2 heterocycles. The summed E-state index contributed by atoms with van der Waals surface area (Å²) in [4.78, 5) is 32.2. The van der Waals surface area contributed by atoms with Crippen molar-refractivity contribution in [2.75, 3.05) is 12.3 Å². The van der Waals surface area contributed by atoms with Gasteiger partial charge in [-0.2, -0.15) is 0 Å². The van der Waals surface area contributed by atoms with Gasteiger partial charge in [0.15, 0.2) is 0 Å². The zero-order valence-corrected chi connectivity index (χ0v) is 18.9. The monoisotopic (exact) mass is 460 g/mol. The molecule has 7 nitrogen and oxygen atoms in total. The van der Waals surface area contributed by atoms with E-state index >= 15 is 0 Å². The predicted molar refractivity (Wildman–Crippen MR) is 130 cm³/mol. The van der Waals surface area contributed by atoms with E-state index in [1.54, 1.807) is 36.5 Å². The average molecular weight is 461 g/mol. The van der Waals surface area contributed by atoms with E-state index in [1.807, 2.05) is 26.0 Å². The van der Waals surface area contributed by atoms with Gasteiger partial charge in [-0.05, 0) is 37.6 Å². The number of hydrogen-bond donors (Lipinski definition) is 3. The van der Waals surface area contributed by atoms with Crippen LogP contribution in [-0.4, -0.2) is 22.4 Å². The van der Waals surface area contributed by atoms with Gasteiger partial charge in [0, 0.05) is 40.5 Å². The van der Waals surface area contributed by atoms with E-state index in [4.69, 9.17) is 10.5 Å². The number of H-pyrrole nitrogens is 1. The molecule has 0 unspecified atom stereocenters. The lowest BCUT2D eigenvalue weighted by Crippen LogP contribution is -2.31. The van der Waals surface area contributed by atoms with Crippen LogP contribution in [0.2, 0.25) is 0 Å². The van der Waals surface area contributed by atoms with E-state index in [2.05, 4.69) is 15.3 Å². The maximum atomic E-state index is 14.9. The van der Waals surface area contributed by atoms with Crippen molar-refractivity contribution in [1.82, 2.24) is 15.3 Å². The third-order valence-corrected chi connectivity index (χ3v) is 5.46. The summed E-state index contributed by atoms with van der Waals surface area (Å²) in [6.07, 6.45) is 2.45. The lowest BCUT2D eigenvalue weighted by Gasteiger charge is -2.14. The number of nitrogen functional groups attached to an aromatic ring is 1. The van der Waals surface area contributed by atoms with Crippen molar-refractivity contribution in [3.8, 4) is 16.9 Å². The van der Waals surface area contributed by atoms with Crippen LogP contribution in [0.4, 0.5) is 10.1 Å². The molecule has 4 aromatic rings. The molecule has 0 saturated heterocycles. The summed E-state index contributed by atoms with van der Waals surface area (Å²) in [5, 5.41) is 3.12. The molecule has 8 heteroatoms. The molecule has 4 N–H and O–H groups in total. The number of rotatable bonds is 7. The Morgan fingerprint density at radius 1 is 1.18 bits per heavy atom. The van der Waals surface area contributed by atoms with Crippen molar-refractivity contribution in [3.63, 3.8) is 0 Å². The topological polar surface area (TPSA) is 110 Å². The van der Waals surface area contributed by atoms with Gasteiger partial charge >= 0.3 is 0 Å². The molecule has 4 rings (SSSR count). The molecule has 0 aliphatic carbocycles. The second kappa shape index (κ2) is 9.74. The normalized spacial score (nSPS) is 10.9. The number of hydrogen-bond acceptors (Lipinski definition) is 5. The number of amides is 1. The Balaban J connectivity index is 1.73. The molecule has 0 atom stereocenters. The predicted octanol–water partition coefficient (Wildman–Crippen LogP) is 4.34. The SMILES string of the molecule is CCCNC(=O)c1c(N)c2cccc(-c3cc(OCc4ccc(C)nc4)ccc3F)c2[nH]c1=O. The summed E-state index contributed by atoms with van der Waals surface area (Å²) >= 11 is 0. The number of anilines is 1. The molecule has 0 spiro atoms. The largest absolute Gasteiger partial charge is 0.489 e. The number of aromatic nitrogens is 2. The lowest BCUT2D eigenvalue weighted by molar-refractivity contribution is 0.0953. The van der Waals surface area contributed by atoms with Crippen LogP contribution in [0.1, 0.15) is 35.0 Å². The number of pyridine rings is 2. The summed E-state index contributed by atoms with van der Waals surface area (Å²) in [5.74, 6) is -0.569. The van der Waals surface area contributed by atoms with Gasteiger partial charge in [-0.3, -0.25) is 14.6 Å². The maximum absolute atomic E-state index is 14.9. The molecule has 34 heavy (non-hydrogen) atoms. The quantitative estimate of drug-likeness (QED) is 0.380. The number of nitrogens with one attached hydrogen (secondary N) is 2. The zero-order valence-electron chi connectivity index (χ0n) is 18.9. The van der Waals surface area contributed by atoms with Gasteiger partial charge < -0.3 is 20.8 Å². The molecule has 0 saturated carbocycles. The first kappa shape index (κ1) is 23.0. The van der Waals surface area contributed by atoms with Gasteiger partial charge in [-0.1, -0.05) is 31.2 Å². The van der Waals surface area contributed by atoms with E-state index < -0.39 is 17.3 Å². The van der Waals surface area contributed by atoms with Gasteiger partial charge in [0.1, 0.15) is 23.7 Å². The Labute approximate surface area is 195 Å². The molecule has 2 aromatic carbocycles. The molecule has 2 aromatic heterocycles. The number of carbonyl (C=O) groups excluding carboxylic acids is 1. The van der Waals surface area contributed by atoms with Crippen LogP contribution in [0, 0.1) is 12.7 Å². The van der Waals surface area contributed by atoms with Crippen molar-refractivity contribution < 1.29 is 13.9 Å². The first-order valence-electron chi connectivity index (χ1n) is 11.0. The zero-order chi connectivity index (χ0) is 24.2. The third-order valence-electron chi connectivity index (χ3n) is 5.46. The van der Waals surface area contributed by atoms with Crippen molar-refractivity contribution in [3.05, 3.63) is 87.7 Å². The molecule has 0 bridgehead atoms. The van der Waals surface area contributed by atoms with Crippen molar-refractivity contribution in [2.45, 2.75) is 26.9 Å². The Hall–Kier alpha value is -4.20. The van der Waals surface area contributed by atoms with Crippen LogP contribution < -0.4 is 21.3 Å². The maximum Gasteiger partial charge on any atom is 0.263 e. The van der Waals surface area contributed by atoms with E-state index in [-0.39, 0.29) is 23.4 Å². The molecular weight excluding hydrogens is 435 g/mol. The highest BCUT2D eigenvalue weighted by Gasteiger charge is 2.20. The molecule has 0 aliphatic rings. The summed E-state index contributed by atoms with van der Waals surface area (Å²) in [6, 6.07) is 13.3. The van der Waals surface area contributed by atoms with Crippen LogP contribution in [-0.2, 0) is 6.61 Å². The number of benzene rings is 2. The number of aromatic amines is 1. The standard InChI is InChI=1S/C26H25FN4O3/c1-3-11-29-25(32)22-23(28)19-6-4-5-18(24(19)31-26(22)33)20-12-17(9-10-21(20)27)34-14-16-8-7-15(2)30-13-16/h4-10,12-13H,3,11,14H2,1-2H3,(H,29,32)(H3,28,31,33). The van der Waals surface area contributed by atoms with Crippen molar-refractivity contribution >= 4 is 22.5 Å². The van der Waals surface area contributed by atoms with Gasteiger partial charge in [0.2, 0.25) is 0 Å². The number of carbonyl (C=O) groups is 1. The van der Waals surface area contributed by atoms with E-state index in [1.165, 1.54) is 6.07 Å². The van der Waals surface area contributed by atoms with Crippen LogP contribution in [0.25, 0.3) is 22.0 Å². The van der Waals surface area contributed by atoms with E-state index in [0.717, 1.165) is 17.7 Å². The van der Waals surface area contributed by atoms with Crippen LogP contribution in [0.15, 0.2) is 59.5 Å². The minimum Gasteiger partial charge on any atom is -0.489 e. The summed E-state index contributed by atoms with van der Waals surface area (Å²) in [5.41, 5.74) is 8.29. The smallest absolute Gasteiger partial charge is 0.263 e. The number of ether oxygens (including phenoxy) is 1. The molecular formula is C26H25FN4O3. The van der Waals surface area contributed by atoms with E-state index in [0.29, 0.717) is 28.8 Å². The van der Waals surface area contributed by atoms with Crippen molar-refractivity contribution in [1.29, 1.82) is 0 Å². The molecule has 0 fully saturated rings. The van der Waals surface area contributed by atoms with Crippen LogP contribution in [0.5, 0.6) is 5.75 Å². The molecule has 1 amide bonds. The van der Waals surface area contributed by atoms with Gasteiger partial charge in [0.25, 0.3) is 11.5 Å². The van der Waals surface area contributed by atoms with E-state index in [9.17, 15) is 14.0 Å². The van der Waals surface area contributed by atoms with Gasteiger partial charge in [-0.25, -0.2) is 4.39 Å². The number of nitrogens with two attached hydrogens (primary N) is 1. The lowest BCUT2D eigenvalue weighted by atomic mass is 9.99. The van der Waals surface area contributed by atoms with Gasteiger partial charge in [0.05, 0.1) is 11.2 Å². The van der Waals surface area contributed by atoms with Crippen LogP contribution >= 0.6 is 0 Å². The summed E-state index contributed by atoms with van der Waals surface area (Å²) < 4.78 is 20.7. The summed E-state index contributed by atoms with van der Waals surface area (Å²) in [6.45, 7) is 4.50. The Bertz CT molecular complexity index is 1410. The minimum absolute atomic E-state index is 0.0499. The number of halogens is 1. The fraction of sp³-hybridized carbons (Fsp3) is 0.192. The first-order chi connectivity index (χ1) is 16.4. The highest BCUT2D eigenvalue weighted by atomic mass is 19.1. The second-order valence-corrected chi connectivity index (χ2v) is 7.96. The first-order valence-corrected chi connectivity index (χ1v) is 11.0. The highest BCUT2D eigenvalue weighted by Crippen LogP contribution is 2.34. The number of nitrogens with zero attached hydrogens (tertiary/aromatic N) is 1. The fourth-order valence-electron chi connectivity index (χ4n) is 3.67. The minimum atomic E-state index is -0.634. The van der Waals surface area contributed by atoms with Gasteiger partial charge in [-0.15, -0.1) is 0 Å².